The smallest absolute Gasteiger partial charge is 0.142 e. The summed E-state index contributed by atoms with van der Waals surface area (Å²) in [5.41, 5.74) is 1.03. The Kier molecular flexibility index (Phi) is 4.16. The second-order valence-electron chi connectivity index (χ2n) is 4.73. The average Bonchev–Trinajstić information content (AvgIpc) is 2.69. The molecule has 0 saturated heterocycles. The average molecular weight is 254 g/mol. The zero-order valence-electron chi connectivity index (χ0n) is 10.5. The molecule has 94 valence electrons. The molecule has 2 unspecified atom stereocenters. The highest BCUT2D eigenvalue weighted by atomic mass is 35.5. The molecule has 2 atom stereocenters. The second kappa shape index (κ2) is 5.63. The van der Waals surface area contributed by atoms with Gasteiger partial charge < -0.3 is 10.1 Å². The van der Waals surface area contributed by atoms with E-state index in [1.54, 1.807) is 0 Å². The molecule has 1 N–H and O–H groups in total. The first kappa shape index (κ1) is 12.6. The van der Waals surface area contributed by atoms with Crippen molar-refractivity contribution >= 4 is 17.3 Å². The maximum absolute atomic E-state index is 6.04. The van der Waals surface area contributed by atoms with Gasteiger partial charge in [0, 0.05) is 11.1 Å². The maximum Gasteiger partial charge on any atom is 0.142 e. The van der Waals surface area contributed by atoms with Crippen molar-refractivity contribution in [1.82, 2.24) is 0 Å². The summed E-state index contributed by atoms with van der Waals surface area (Å²) in [6.45, 7) is 4.97. The summed E-state index contributed by atoms with van der Waals surface area (Å²) in [5, 5.41) is 4.33. The summed E-state index contributed by atoms with van der Waals surface area (Å²) in [6.07, 6.45) is 3.85. The third kappa shape index (κ3) is 3.06. The molecule has 1 aliphatic rings. The summed E-state index contributed by atoms with van der Waals surface area (Å²) in [7, 11) is 0. The fraction of sp³-hybridized carbons (Fsp3) is 0.571. The first-order valence-electron chi connectivity index (χ1n) is 6.39. The van der Waals surface area contributed by atoms with E-state index in [0.29, 0.717) is 12.6 Å². The fourth-order valence-corrected chi connectivity index (χ4v) is 2.63. The van der Waals surface area contributed by atoms with Crippen molar-refractivity contribution in [2.24, 2.45) is 5.92 Å². The molecule has 0 spiro atoms. The Balaban J connectivity index is 2.15. The van der Waals surface area contributed by atoms with Crippen LogP contribution in [0.2, 0.25) is 5.02 Å². The third-order valence-electron chi connectivity index (χ3n) is 3.44. The molecule has 0 aliphatic heterocycles. The minimum absolute atomic E-state index is 0.549. The normalized spacial score (nSPS) is 23.7. The quantitative estimate of drug-likeness (QED) is 0.862. The van der Waals surface area contributed by atoms with E-state index in [1.165, 1.54) is 19.3 Å². The van der Waals surface area contributed by atoms with Crippen molar-refractivity contribution in [3.63, 3.8) is 0 Å². The van der Waals surface area contributed by atoms with Crippen LogP contribution in [-0.4, -0.2) is 12.6 Å². The molecular formula is C14H20ClNO. The van der Waals surface area contributed by atoms with Crippen molar-refractivity contribution in [1.29, 1.82) is 0 Å². The van der Waals surface area contributed by atoms with Gasteiger partial charge in [0.15, 0.2) is 0 Å². The highest BCUT2D eigenvalue weighted by molar-refractivity contribution is 6.30. The number of benzene rings is 1. The molecule has 2 nitrogen and oxygen atoms in total. The molecule has 0 aromatic heterocycles. The molecule has 2 rings (SSSR count). The Morgan fingerprint density at radius 3 is 2.88 bits per heavy atom. The van der Waals surface area contributed by atoms with Gasteiger partial charge in [-0.1, -0.05) is 24.9 Å². The SMILES string of the molecule is CCOc1ccc(Cl)cc1NC1CCCC1C. The van der Waals surface area contributed by atoms with Crippen LogP contribution >= 0.6 is 11.6 Å². The molecule has 1 saturated carbocycles. The van der Waals surface area contributed by atoms with Gasteiger partial charge in [-0.05, 0) is 43.9 Å². The Hall–Kier alpha value is -0.890. The summed E-state index contributed by atoms with van der Waals surface area (Å²) in [5.74, 6) is 1.62. The topological polar surface area (TPSA) is 21.3 Å². The van der Waals surface area contributed by atoms with Crippen LogP contribution in [0.3, 0.4) is 0 Å². The van der Waals surface area contributed by atoms with Gasteiger partial charge in [-0.3, -0.25) is 0 Å². The molecule has 0 radical (unpaired) electrons. The minimum atomic E-state index is 0.549. The van der Waals surface area contributed by atoms with Gasteiger partial charge in [0.2, 0.25) is 0 Å². The van der Waals surface area contributed by atoms with E-state index in [4.69, 9.17) is 16.3 Å². The van der Waals surface area contributed by atoms with E-state index in [1.807, 2.05) is 25.1 Å². The lowest BCUT2D eigenvalue weighted by atomic mass is 10.1. The Labute approximate surface area is 108 Å². The van der Waals surface area contributed by atoms with E-state index in [2.05, 4.69) is 12.2 Å². The van der Waals surface area contributed by atoms with Crippen LogP contribution in [0.5, 0.6) is 5.75 Å². The number of hydrogen-bond acceptors (Lipinski definition) is 2. The monoisotopic (exact) mass is 253 g/mol. The van der Waals surface area contributed by atoms with Gasteiger partial charge in [0.25, 0.3) is 0 Å². The lowest BCUT2D eigenvalue weighted by Crippen LogP contribution is -2.22. The Morgan fingerprint density at radius 1 is 1.41 bits per heavy atom. The number of nitrogens with one attached hydrogen (secondary N) is 1. The minimum Gasteiger partial charge on any atom is -0.492 e. The number of ether oxygens (including phenoxy) is 1. The highest BCUT2D eigenvalue weighted by Gasteiger charge is 2.23. The Morgan fingerprint density at radius 2 is 2.24 bits per heavy atom. The van der Waals surface area contributed by atoms with Crippen molar-refractivity contribution < 1.29 is 4.74 Å². The first-order valence-corrected chi connectivity index (χ1v) is 6.77. The molecule has 0 amide bonds. The van der Waals surface area contributed by atoms with E-state index in [9.17, 15) is 0 Å². The molecule has 1 aromatic carbocycles. The number of hydrogen-bond donors (Lipinski definition) is 1. The third-order valence-corrected chi connectivity index (χ3v) is 3.68. The van der Waals surface area contributed by atoms with Crippen molar-refractivity contribution in [2.75, 3.05) is 11.9 Å². The molecule has 1 aromatic rings. The van der Waals surface area contributed by atoms with E-state index in [0.717, 1.165) is 22.4 Å². The largest absolute Gasteiger partial charge is 0.492 e. The van der Waals surface area contributed by atoms with Crippen LogP contribution in [0.25, 0.3) is 0 Å². The van der Waals surface area contributed by atoms with E-state index in [-0.39, 0.29) is 0 Å². The van der Waals surface area contributed by atoms with Crippen LogP contribution in [0.1, 0.15) is 33.1 Å². The molecule has 17 heavy (non-hydrogen) atoms. The predicted molar refractivity (Wildman–Crippen MR) is 73.0 cm³/mol. The summed E-state index contributed by atoms with van der Waals surface area (Å²) >= 11 is 6.04. The lowest BCUT2D eigenvalue weighted by Gasteiger charge is -2.21. The van der Waals surface area contributed by atoms with Crippen LogP contribution in [0, 0.1) is 5.92 Å². The number of halogens is 1. The standard InChI is InChI=1S/C14H20ClNO/c1-3-17-14-8-7-11(15)9-13(14)16-12-6-4-5-10(12)2/h7-10,12,16H,3-6H2,1-2H3. The van der Waals surface area contributed by atoms with Crippen molar-refractivity contribution in [3.8, 4) is 5.75 Å². The van der Waals surface area contributed by atoms with E-state index < -0.39 is 0 Å². The van der Waals surface area contributed by atoms with Crippen LogP contribution < -0.4 is 10.1 Å². The van der Waals surface area contributed by atoms with Gasteiger partial charge in [-0.15, -0.1) is 0 Å². The molecule has 1 aliphatic carbocycles. The predicted octanol–water partition coefficient (Wildman–Crippen LogP) is 4.34. The Bertz CT molecular complexity index is 380. The first-order chi connectivity index (χ1) is 8.20. The van der Waals surface area contributed by atoms with E-state index >= 15 is 0 Å². The van der Waals surface area contributed by atoms with Crippen molar-refractivity contribution in [2.45, 2.75) is 39.2 Å². The number of anilines is 1. The van der Waals surface area contributed by atoms with Crippen LogP contribution in [-0.2, 0) is 0 Å². The molecule has 3 heteroatoms. The molecular weight excluding hydrogens is 234 g/mol. The van der Waals surface area contributed by atoms with Crippen LogP contribution in [0.15, 0.2) is 18.2 Å². The summed E-state index contributed by atoms with van der Waals surface area (Å²) in [4.78, 5) is 0. The zero-order valence-corrected chi connectivity index (χ0v) is 11.3. The maximum atomic E-state index is 6.04. The van der Waals surface area contributed by atoms with Gasteiger partial charge in [-0.25, -0.2) is 0 Å². The lowest BCUT2D eigenvalue weighted by molar-refractivity contribution is 0.341. The second-order valence-corrected chi connectivity index (χ2v) is 5.17. The van der Waals surface area contributed by atoms with Gasteiger partial charge in [0.05, 0.1) is 12.3 Å². The summed E-state index contributed by atoms with van der Waals surface area (Å²) < 4.78 is 5.62. The molecule has 0 bridgehead atoms. The van der Waals surface area contributed by atoms with Gasteiger partial charge >= 0.3 is 0 Å². The fourth-order valence-electron chi connectivity index (χ4n) is 2.46. The van der Waals surface area contributed by atoms with Gasteiger partial charge in [0.1, 0.15) is 5.75 Å². The zero-order chi connectivity index (χ0) is 12.3. The van der Waals surface area contributed by atoms with Gasteiger partial charge in [-0.2, -0.15) is 0 Å². The van der Waals surface area contributed by atoms with Crippen molar-refractivity contribution in [3.05, 3.63) is 23.2 Å². The summed E-state index contributed by atoms with van der Waals surface area (Å²) in [6, 6.07) is 6.31. The molecule has 1 fully saturated rings. The van der Waals surface area contributed by atoms with Crippen LogP contribution in [0.4, 0.5) is 5.69 Å². The molecule has 0 heterocycles. The number of rotatable bonds is 4. The highest BCUT2D eigenvalue weighted by Crippen LogP contribution is 2.33.